The Morgan fingerprint density at radius 3 is 3.09 bits per heavy atom. The van der Waals surface area contributed by atoms with Gasteiger partial charge in [-0.2, -0.15) is 0 Å². The van der Waals surface area contributed by atoms with Crippen LogP contribution in [0.3, 0.4) is 0 Å². The predicted molar refractivity (Wildman–Crippen MR) is 83.3 cm³/mol. The van der Waals surface area contributed by atoms with Crippen molar-refractivity contribution in [2.75, 3.05) is 0 Å². The van der Waals surface area contributed by atoms with Crippen molar-refractivity contribution in [2.24, 2.45) is 5.73 Å². The summed E-state index contributed by atoms with van der Waals surface area (Å²) in [5, 5.41) is 11.6. The quantitative estimate of drug-likeness (QED) is 0.692. The lowest BCUT2D eigenvalue weighted by Crippen LogP contribution is -2.20. The van der Waals surface area contributed by atoms with Crippen molar-refractivity contribution in [1.82, 2.24) is 19.7 Å². The minimum absolute atomic E-state index is 0.0818. The summed E-state index contributed by atoms with van der Waals surface area (Å²) in [7, 11) is 0. The van der Waals surface area contributed by atoms with Crippen LogP contribution in [0.15, 0.2) is 33.5 Å². The van der Waals surface area contributed by atoms with Gasteiger partial charge in [0.15, 0.2) is 5.16 Å². The molecule has 0 radical (unpaired) electrons. The number of thiazole rings is 1. The molecule has 3 aromatic rings. The molecule has 9 heteroatoms. The Hall–Kier alpha value is -2.13. The third-order valence-electron chi connectivity index (χ3n) is 2.88. The molecular weight excluding hydrogens is 322 g/mol. The maximum atomic E-state index is 11.1. The number of nitrogens with zero attached hydrogens (tertiary/aromatic N) is 4. The highest BCUT2D eigenvalue weighted by atomic mass is 32.2. The van der Waals surface area contributed by atoms with Crippen LogP contribution >= 0.6 is 23.1 Å². The molecule has 7 nitrogen and oxygen atoms in total. The number of thioether (sulfide) groups is 1. The number of carbonyl (C=O) groups excluding carboxylic acids is 1. The third-order valence-corrected chi connectivity index (χ3v) is 4.83. The molecule has 3 rings (SSSR count). The van der Waals surface area contributed by atoms with Crippen LogP contribution in [0.25, 0.3) is 10.6 Å². The third kappa shape index (κ3) is 3.20. The molecule has 0 saturated heterocycles. The van der Waals surface area contributed by atoms with Crippen LogP contribution in [-0.2, 0) is 17.1 Å². The molecule has 0 atom stereocenters. The van der Waals surface area contributed by atoms with Crippen LogP contribution in [0.2, 0.25) is 0 Å². The number of aryl methyl sites for hydroxylation is 1. The zero-order valence-corrected chi connectivity index (χ0v) is 13.4. The minimum atomic E-state index is -0.416. The fraction of sp³-hybridized carbons (Fsp3) is 0.231. The van der Waals surface area contributed by atoms with Gasteiger partial charge in [-0.25, -0.2) is 4.98 Å². The highest BCUT2D eigenvalue weighted by molar-refractivity contribution is 7.98. The zero-order valence-electron chi connectivity index (χ0n) is 11.7. The number of primary amides is 1. The number of aromatic nitrogens is 4. The van der Waals surface area contributed by atoms with Gasteiger partial charge in [-0.05, 0) is 13.0 Å². The van der Waals surface area contributed by atoms with Gasteiger partial charge in [0.05, 0.1) is 12.0 Å². The second-order valence-electron chi connectivity index (χ2n) is 4.53. The molecule has 0 unspecified atom stereocenters. The number of carbonyl (C=O) groups is 1. The molecule has 22 heavy (non-hydrogen) atoms. The van der Waals surface area contributed by atoms with Crippen molar-refractivity contribution < 1.29 is 9.21 Å². The van der Waals surface area contributed by atoms with Crippen molar-refractivity contribution in [3.05, 3.63) is 35.5 Å². The van der Waals surface area contributed by atoms with Gasteiger partial charge in [0.25, 0.3) is 0 Å². The number of nitrogens with two attached hydrogens (primary N) is 1. The van der Waals surface area contributed by atoms with Crippen molar-refractivity contribution >= 4 is 29.0 Å². The average Bonchev–Trinajstić information content (AvgIpc) is 3.19. The Morgan fingerprint density at radius 2 is 2.36 bits per heavy atom. The Kier molecular flexibility index (Phi) is 4.25. The summed E-state index contributed by atoms with van der Waals surface area (Å²) < 4.78 is 6.76. The molecule has 1 amide bonds. The van der Waals surface area contributed by atoms with E-state index in [2.05, 4.69) is 15.2 Å². The van der Waals surface area contributed by atoms with Crippen LogP contribution in [0.4, 0.5) is 0 Å². The molecule has 0 saturated carbocycles. The first-order chi connectivity index (χ1) is 10.6. The van der Waals surface area contributed by atoms with Gasteiger partial charge >= 0.3 is 0 Å². The van der Waals surface area contributed by atoms with E-state index in [9.17, 15) is 4.79 Å². The Bertz CT molecular complexity index is 778. The number of rotatable bonds is 6. The number of hydrogen-bond donors (Lipinski definition) is 1. The SMILES string of the molecule is Cc1nnc(SCc2csc(-c3ccoc3)n2)n1CC(N)=O. The van der Waals surface area contributed by atoms with Gasteiger partial charge < -0.3 is 10.2 Å². The first-order valence-electron chi connectivity index (χ1n) is 6.41. The first kappa shape index (κ1) is 14.8. The molecule has 0 aromatic carbocycles. The fourth-order valence-electron chi connectivity index (χ4n) is 1.84. The summed E-state index contributed by atoms with van der Waals surface area (Å²) in [6.07, 6.45) is 3.29. The van der Waals surface area contributed by atoms with E-state index >= 15 is 0 Å². The lowest BCUT2D eigenvalue weighted by molar-refractivity contribution is -0.118. The van der Waals surface area contributed by atoms with Crippen LogP contribution in [0, 0.1) is 6.92 Å². The van der Waals surface area contributed by atoms with Gasteiger partial charge in [0.2, 0.25) is 5.91 Å². The van der Waals surface area contributed by atoms with E-state index in [0.717, 1.165) is 16.3 Å². The van der Waals surface area contributed by atoms with Gasteiger partial charge in [-0.15, -0.1) is 21.5 Å². The standard InChI is InChI=1S/C13H13N5O2S2/c1-8-16-17-13(18(8)4-11(14)19)22-7-10-6-21-12(15-10)9-2-3-20-5-9/h2-3,5-6H,4,7H2,1H3,(H2,14,19). The van der Waals surface area contributed by atoms with E-state index in [0.29, 0.717) is 16.7 Å². The lowest BCUT2D eigenvalue weighted by atomic mass is 10.4. The molecule has 0 bridgehead atoms. The molecule has 0 aliphatic carbocycles. The van der Waals surface area contributed by atoms with E-state index in [-0.39, 0.29) is 6.54 Å². The molecule has 0 aliphatic heterocycles. The first-order valence-corrected chi connectivity index (χ1v) is 8.28. The van der Waals surface area contributed by atoms with E-state index in [4.69, 9.17) is 10.2 Å². The van der Waals surface area contributed by atoms with Crippen LogP contribution in [-0.4, -0.2) is 25.7 Å². The Morgan fingerprint density at radius 1 is 1.50 bits per heavy atom. The van der Waals surface area contributed by atoms with Gasteiger partial charge in [0.1, 0.15) is 23.6 Å². The summed E-state index contributed by atoms with van der Waals surface area (Å²) >= 11 is 3.04. The maximum absolute atomic E-state index is 11.1. The smallest absolute Gasteiger partial charge is 0.237 e. The summed E-state index contributed by atoms with van der Waals surface area (Å²) in [5.74, 6) is 0.893. The van der Waals surface area contributed by atoms with E-state index in [1.165, 1.54) is 11.8 Å². The zero-order chi connectivity index (χ0) is 15.5. The van der Waals surface area contributed by atoms with Crippen molar-refractivity contribution in [1.29, 1.82) is 0 Å². The molecule has 3 heterocycles. The molecule has 0 aliphatic rings. The van der Waals surface area contributed by atoms with Gasteiger partial charge in [0, 0.05) is 16.7 Å². The Balaban J connectivity index is 1.69. The lowest BCUT2D eigenvalue weighted by Gasteiger charge is -2.04. The van der Waals surface area contributed by atoms with Crippen LogP contribution in [0.1, 0.15) is 11.5 Å². The molecule has 3 aromatic heterocycles. The number of furan rings is 1. The van der Waals surface area contributed by atoms with Crippen LogP contribution in [0.5, 0.6) is 0 Å². The number of hydrogen-bond acceptors (Lipinski definition) is 7. The van der Waals surface area contributed by atoms with Crippen LogP contribution < -0.4 is 5.73 Å². The summed E-state index contributed by atoms with van der Waals surface area (Å²) in [4.78, 5) is 15.7. The monoisotopic (exact) mass is 335 g/mol. The number of amides is 1. The van der Waals surface area contributed by atoms with E-state index in [1.54, 1.807) is 35.4 Å². The maximum Gasteiger partial charge on any atom is 0.237 e. The fourth-order valence-corrected chi connectivity index (χ4v) is 3.62. The molecule has 114 valence electrons. The van der Waals surface area contributed by atoms with Crippen molar-refractivity contribution in [3.8, 4) is 10.6 Å². The molecule has 0 spiro atoms. The second kappa shape index (κ2) is 6.32. The van der Waals surface area contributed by atoms with Gasteiger partial charge in [-0.3, -0.25) is 9.36 Å². The van der Waals surface area contributed by atoms with E-state index in [1.807, 2.05) is 11.4 Å². The van der Waals surface area contributed by atoms with E-state index < -0.39 is 5.91 Å². The predicted octanol–water partition coefficient (Wildman–Crippen LogP) is 2.08. The molecular formula is C13H13N5O2S2. The highest BCUT2D eigenvalue weighted by Gasteiger charge is 2.13. The molecule has 0 fully saturated rings. The highest BCUT2D eigenvalue weighted by Crippen LogP contribution is 2.27. The van der Waals surface area contributed by atoms with Gasteiger partial charge in [-0.1, -0.05) is 11.8 Å². The Labute approximate surface area is 134 Å². The minimum Gasteiger partial charge on any atom is -0.472 e. The second-order valence-corrected chi connectivity index (χ2v) is 6.33. The van der Waals surface area contributed by atoms with Crippen molar-refractivity contribution in [2.45, 2.75) is 24.4 Å². The summed E-state index contributed by atoms with van der Waals surface area (Å²) in [5.41, 5.74) is 7.15. The largest absolute Gasteiger partial charge is 0.472 e. The topological polar surface area (TPSA) is 99.8 Å². The average molecular weight is 335 g/mol. The molecule has 2 N–H and O–H groups in total. The summed E-state index contributed by atoms with van der Waals surface area (Å²) in [6, 6.07) is 1.88. The van der Waals surface area contributed by atoms with Crippen molar-refractivity contribution in [3.63, 3.8) is 0 Å². The normalized spacial score (nSPS) is 11.0. The summed E-state index contributed by atoms with van der Waals surface area (Å²) in [6.45, 7) is 1.87.